The molecule has 0 aromatic heterocycles. The smallest absolute Gasteiger partial charge is 0.259 e. The topological polar surface area (TPSA) is 112 Å². The number of unbranched alkanes of at least 4 members (excludes halogenated alkanes) is 3. The molecule has 0 radical (unpaired) electrons. The van der Waals surface area contributed by atoms with E-state index in [2.05, 4.69) is 50.7 Å². The molecule has 47 heavy (non-hydrogen) atoms. The minimum atomic E-state index is -1.32. The van der Waals surface area contributed by atoms with E-state index in [9.17, 15) is 14.4 Å². The van der Waals surface area contributed by atoms with Crippen molar-refractivity contribution in [1.29, 1.82) is 5.26 Å². The third-order valence-electron chi connectivity index (χ3n) is 11.5. The first-order valence-corrected chi connectivity index (χ1v) is 20.2. The molecule has 0 aromatic rings. The highest BCUT2D eigenvalue weighted by atomic mass is 31.2. The SMILES string of the molecule is CCC[C@H]1C(OP(OCCC#N)N(C(C)C)C(C)C)CC[C@@]2(C(=O)NCCCCCCN3C(=O)C4CCCCC4C3=O)CCCC[C@H]12. The molecule has 1 N–H and O–H groups in total. The first-order valence-electron chi connectivity index (χ1n) is 19.0. The minimum absolute atomic E-state index is 0.0468. The summed E-state index contributed by atoms with van der Waals surface area (Å²) in [5.74, 6) is 0.851. The highest BCUT2D eigenvalue weighted by Crippen LogP contribution is 2.58. The van der Waals surface area contributed by atoms with E-state index in [0.717, 1.165) is 103 Å². The molecule has 0 aromatic carbocycles. The molecule has 1 aliphatic heterocycles. The van der Waals surface area contributed by atoms with Gasteiger partial charge in [-0.05, 0) is 97.3 Å². The van der Waals surface area contributed by atoms with Crippen LogP contribution in [-0.4, -0.2) is 65.2 Å². The fourth-order valence-corrected chi connectivity index (χ4v) is 11.1. The van der Waals surface area contributed by atoms with Gasteiger partial charge in [-0.1, -0.05) is 51.9 Å². The summed E-state index contributed by atoms with van der Waals surface area (Å²) in [5.41, 5.74) is -0.328. The molecule has 4 fully saturated rings. The van der Waals surface area contributed by atoms with Crippen molar-refractivity contribution < 1.29 is 23.4 Å². The molecule has 4 unspecified atom stereocenters. The number of hydrogen-bond acceptors (Lipinski definition) is 7. The number of fused-ring (bicyclic) bond motifs is 2. The molecule has 7 atom stereocenters. The molecule has 9 nitrogen and oxygen atoms in total. The molecule has 3 saturated carbocycles. The van der Waals surface area contributed by atoms with E-state index >= 15 is 0 Å². The molecular formula is C37H63N4O5P. The van der Waals surface area contributed by atoms with Crippen molar-refractivity contribution in [2.24, 2.45) is 29.1 Å². The second-order valence-electron chi connectivity index (χ2n) is 15.2. The number of nitrogens with zero attached hydrogens (tertiary/aromatic N) is 3. The summed E-state index contributed by atoms with van der Waals surface area (Å²) < 4.78 is 15.6. The van der Waals surface area contributed by atoms with E-state index < -0.39 is 8.53 Å². The lowest BCUT2D eigenvalue weighted by Crippen LogP contribution is -2.55. The fourth-order valence-electron chi connectivity index (χ4n) is 9.31. The Morgan fingerprint density at radius 1 is 0.979 bits per heavy atom. The Labute approximate surface area is 286 Å². The van der Waals surface area contributed by atoms with Gasteiger partial charge in [-0.2, -0.15) is 5.26 Å². The molecule has 4 rings (SSSR count). The largest absolute Gasteiger partial charge is 0.356 e. The van der Waals surface area contributed by atoms with Gasteiger partial charge in [0.05, 0.1) is 42.5 Å². The lowest BCUT2D eigenvalue weighted by atomic mass is 9.54. The van der Waals surface area contributed by atoms with E-state index in [1.807, 2.05) is 0 Å². The summed E-state index contributed by atoms with van der Waals surface area (Å²) in [7, 11) is -1.32. The zero-order valence-corrected chi connectivity index (χ0v) is 30.9. The van der Waals surface area contributed by atoms with E-state index in [1.165, 1.54) is 0 Å². The summed E-state index contributed by atoms with van der Waals surface area (Å²) in [6, 6.07) is 2.71. The van der Waals surface area contributed by atoms with Gasteiger partial charge in [0.15, 0.2) is 0 Å². The first kappa shape index (κ1) is 38.2. The number of rotatable bonds is 18. The summed E-state index contributed by atoms with van der Waals surface area (Å²) >= 11 is 0. The van der Waals surface area contributed by atoms with Crippen LogP contribution in [0.15, 0.2) is 0 Å². The fraction of sp³-hybridized carbons (Fsp3) is 0.892. The Hall–Kier alpha value is -1.59. The van der Waals surface area contributed by atoms with Crippen LogP contribution in [0.2, 0.25) is 0 Å². The Morgan fingerprint density at radius 2 is 1.64 bits per heavy atom. The lowest BCUT2D eigenvalue weighted by Gasteiger charge is -2.53. The second kappa shape index (κ2) is 18.4. The Kier molecular flexibility index (Phi) is 15.0. The van der Waals surface area contributed by atoms with Crippen molar-refractivity contribution in [1.82, 2.24) is 14.9 Å². The normalized spacial score (nSPS) is 30.0. The van der Waals surface area contributed by atoms with Crippen molar-refractivity contribution in [2.45, 2.75) is 162 Å². The van der Waals surface area contributed by atoms with Crippen molar-refractivity contribution in [3.8, 4) is 6.07 Å². The van der Waals surface area contributed by atoms with Gasteiger partial charge in [0.2, 0.25) is 17.7 Å². The molecule has 3 amide bonds. The van der Waals surface area contributed by atoms with Crippen LogP contribution in [0.3, 0.4) is 0 Å². The average molecular weight is 675 g/mol. The van der Waals surface area contributed by atoms with Crippen LogP contribution < -0.4 is 5.32 Å². The predicted octanol–water partition coefficient (Wildman–Crippen LogP) is 7.89. The zero-order chi connectivity index (χ0) is 34.0. The maximum Gasteiger partial charge on any atom is 0.259 e. The standard InChI is InChI=1S/C37H63N4O5P/c1-6-16-31-32-19-11-12-21-37(32,22-20-33(31)46-47(45-26-15-23-38)41(27(2)3)28(4)5)36(44)39-24-13-7-8-14-25-40-34(42)29-17-9-10-18-30(29)35(40)43/h27-33H,6-22,24-26H2,1-5H3,(H,39,44)/t29?,30?,31-,32-,33?,37+,47?/m1/s1. The van der Waals surface area contributed by atoms with E-state index in [1.54, 1.807) is 4.90 Å². The molecule has 3 aliphatic carbocycles. The van der Waals surface area contributed by atoms with Gasteiger partial charge in [-0.25, -0.2) is 4.67 Å². The Morgan fingerprint density at radius 3 is 2.28 bits per heavy atom. The zero-order valence-electron chi connectivity index (χ0n) is 30.0. The summed E-state index contributed by atoms with van der Waals surface area (Å²) in [6.45, 7) is 12.5. The van der Waals surface area contributed by atoms with Crippen LogP contribution in [-0.2, 0) is 23.4 Å². The molecule has 4 aliphatic rings. The molecule has 1 heterocycles. The van der Waals surface area contributed by atoms with Gasteiger partial charge in [0, 0.05) is 25.2 Å². The van der Waals surface area contributed by atoms with Gasteiger partial charge in [0.25, 0.3) is 8.53 Å². The van der Waals surface area contributed by atoms with Gasteiger partial charge >= 0.3 is 0 Å². The Bertz CT molecular complexity index is 1050. The third-order valence-corrected chi connectivity index (χ3v) is 13.6. The van der Waals surface area contributed by atoms with E-state index in [-0.39, 0.29) is 53.2 Å². The number of carbonyl (C=O) groups excluding carboxylic acids is 3. The number of imide groups is 1. The molecule has 266 valence electrons. The second-order valence-corrected chi connectivity index (χ2v) is 16.6. The maximum atomic E-state index is 14.1. The van der Waals surface area contributed by atoms with Crippen molar-refractivity contribution in [2.75, 3.05) is 19.7 Å². The molecule has 10 heteroatoms. The number of amides is 3. The molecule has 1 saturated heterocycles. The van der Waals surface area contributed by atoms with Gasteiger partial charge in [-0.15, -0.1) is 0 Å². The van der Waals surface area contributed by atoms with E-state index in [4.69, 9.17) is 14.3 Å². The van der Waals surface area contributed by atoms with Crippen LogP contribution in [0.1, 0.15) is 144 Å². The van der Waals surface area contributed by atoms with Gasteiger partial charge in [-0.3, -0.25) is 19.3 Å². The monoisotopic (exact) mass is 674 g/mol. The minimum Gasteiger partial charge on any atom is -0.356 e. The van der Waals surface area contributed by atoms with E-state index in [0.29, 0.717) is 38.0 Å². The average Bonchev–Trinajstić information content (AvgIpc) is 3.29. The van der Waals surface area contributed by atoms with Crippen LogP contribution in [0, 0.1) is 40.4 Å². The molecule has 0 spiro atoms. The van der Waals surface area contributed by atoms with Gasteiger partial charge < -0.3 is 14.4 Å². The number of nitrogens with one attached hydrogen (secondary N) is 1. The summed E-state index contributed by atoms with van der Waals surface area (Å²) in [4.78, 5) is 41.1. The number of nitriles is 1. The molecule has 0 bridgehead atoms. The highest BCUT2D eigenvalue weighted by Gasteiger charge is 2.55. The van der Waals surface area contributed by atoms with Crippen LogP contribution in [0.25, 0.3) is 0 Å². The molecular weight excluding hydrogens is 611 g/mol. The predicted molar refractivity (Wildman–Crippen MR) is 186 cm³/mol. The van der Waals surface area contributed by atoms with Crippen LogP contribution >= 0.6 is 8.53 Å². The Balaban J connectivity index is 1.30. The quantitative estimate of drug-likeness (QED) is 0.0894. The first-order chi connectivity index (χ1) is 22.7. The summed E-state index contributed by atoms with van der Waals surface area (Å²) in [5, 5.41) is 12.5. The van der Waals surface area contributed by atoms with Crippen LogP contribution in [0.5, 0.6) is 0 Å². The lowest BCUT2D eigenvalue weighted by molar-refractivity contribution is -0.148. The maximum absolute atomic E-state index is 14.1. The van der Waals surface area contributed by atoms with Crippen LogP contribution in [0.4, 0.5) is 0 Å². The highest BCUT2D eigenvalue weighted by molar-refractivity contribution is 7.44. The van der Waals surface area contributed by atoms with Crippen molar-refractivity contribution >= 4 is 26.2 Å². The van der Waals surface area contributed by atoms with Gasteiger partial charge in [0.1, 0.15) is 0 Å². The van der Waals surface area contributed by atoms with Crippen molar-refractivity contribution in [3.63, 3.8) is 0 Å². The number of likely N-dealkylation sites (tertiary alicyclic amines) is 1. The summed E-state index contributed by atoms with van der Waals surface area (Å²) in [6.07, 6.45) is 16.0. The number of carbonyl (C=O) groups is 3. The van der Waals surface area contributed by atoms with Crippen molar-refractivity contribution in [3.05, 3.63) is 0 Å². The third kappa shape index (κ3) is 9.15. The number of hydrogen-bond donors (Lipinski definition) is 1.